The van der Waals surface area contributed by atoms with Gasteiger partial charge in [-0.05, 0) is 13.3 Å². The van der Waals surface area contributed by atoms with Gasteiger partial charge >= 0.3 is 0 Å². The normalized spacial score (nSPS) is 30.9. The van der Waals surface area contributed by atoms with E-state index in [1.165, 1.54) is 0 Å². The molecule has 0 saturated carbocycles. The van der Waals surface area contributed by atoms with Gasteiger partial charge in [-0.3, -0.25) is 4.90 Å². The third-order valence-corrected chi connectivity index (χ3v) is 2.20. The van der Waals surface area contributed by atoms with Crippen LogP contribution in [0.15, 0.2) is 12.2 Å². The molecule has 12 heavy (non-hydrogen) atoms. The van der Waals surface area contributed by atoms with E-state index in [-0.39, 0.29) is 6.61 Å². The first-order chi connectivity index (χ1) is 5.56. The van der Waals surface area contributed by atoms with Crippen molar-refractivity contribution < 1.29 is 10.2 Å². The van der Waals surface area contributed by atoms with Crippen molar-refractivity contribution in [1.82, 2.24) is 4.90 Å². The molecule has 1 aliphatic heterocycles. The lowest BCUT2D eigenvalue weighted by molar-refractivity contribution is -0.00463. The van der Waals surface area contributed by atoms with E-state index in [0.717, 1.165) is 18.7 Å². The van der Waals surface area contributed by atoms with E-state index >= 15 is 0 Å². The van der Waals surface area contributed by atoms with E-state index in [2.05, 4.69) is 11.5 Å². The van der Waals surface area contributed by atoms with E-state index in [1.54, 1.807) is 0 Å². The SMILES string of the molecule is C=C(C)CN1CCC(O)(CO)C1. The van der Waals surface area contributed by atoms with Crippen molar-refractivity contribution in [3.8, 4) is 0 Å². The molecule has 0 aliphatic carbocycles. The molecule has 0 radical (unpaired) electrons. The molecule has 1 fully saturated rings. The summed E-state index contributed by atoms with van der Waals surface area (Å²) in [6.45, 7) is 7.87. The van der Waals surface area contributed by atoms with Gasteiger partial charge in [0.15, 0.2) is 0 Å². The zero-order valence-electron chi connectivity index (χ0n) is 7.58. The molecule has 3 nitrogen and oxygen atoms in total. The van der Waals surface area contributed by atoms with Gasteiger partial charge in [0, 0.05) is 19.6 Å². The zero-order chi connectivity index (χ0) is 9.19. The van der Waals surface area contributed by atoms with Crippen molar-refractivity contribution in [2.75, 3.05) is 26.2 Å². The van der Waals surface area contributed by atoms with Crippen LogP contribution in [-0.4, -0.2) is 47.0 Å². The Morgan fingerprint density at radius 2 is 2.33 bits per heavy atom. The van der Waals surface area contributed by atoms with Crippen molar-refractivity contribution in [2.24, 2.45) is 0 Å². The number of hydrogen-bond donors (Lipinski definition) is 2. The second-order valence-electron chi connectivity index (χ2n) is 3.80. The minimum Gasteiger partial charge on any atom is -0.393 e. The lowest BCUT2D eigenvalue weighted by Gasteiger charge is -2.20. The average molecular weight is 171 g/mol. The summed E-state index contributed by atoms with van der Waals surface area (Å²) in [5.41, 5.74) is 0.229. The van der Waals surface area contributed by atoms with Gasteiger partial charge in [0.25, 0.3) is 0 Å². The highest BCUT2D eigenvalue weighted by Crippen LogP contribution is 2.20. The maximum absolute atomic E-state index is 9.66. The summed E-state index contributed by atoms with van der Waals surface area (Å²) in [4.78, 5) is 2.11. The molecule has 0 bridgehead atoms. The fraction of sp³-hybridized carbons (Fsp3) is 0.778. The van der Waals surface area contributed by atoms with E-state index in [0.29, 0.717) is 13.0 Å². The summed E-state index contributed by atoms with van der Waals surface area (Å²) in [6.07, 6.45) is 0.663. The number of rotatable bonds is 3. The van der Waals surface area contributed by atoms with E-state index in [9.17, 15) is 5.11 Å². The Morgan fingerprint density at radius 1 is 1.67 bits per heavy atom. The van der Waals surface area contributed by atoms with Gasteiger partial charge in [0.05, 0.1) is 6.61 Å². The summed E-state index contributed by atoms with van der Waals surface area (Å²) in [6, 6.07) is 0. The summed E-state index contributed by atoms with van der Waals surface area (Å²) < 4.78 is 0. The third kappa shape index (κ3) is 2.30. The number of β-amino-alcohol motifs (C(OH)–C–C–N with tert-alkyl or cyclic N) is 1. The topological polar surface area (TPSA) is 43.7 Å². The third-order valence-electron chi connectivity index (χ3n) is 2.20. The minimum absolute atomic E-state index is 0.139. The Morgan fingerprint density at radius 3 is 2.75 bits per heavy atom. The van der Waals surface area contributed by atoms with Crippen LogP contribution in [0.25, 0.3) is 0 Å². The molecule has 2 N–H and O–H groups in total. The molecular formula is C9H17NO2. The molecule has 1 rings (SSSR count). The molecule has 1 aliphatic rings. The molecule has 0 aromatic carbocycles. The molecule has 1 heterocycles. The standard InChI is InChI=1S/C9H17NO2/c1-8(2)5-10-4-3-9(12,6-10)7-11/h11-12H,1,3-7H2,2H3. The molecule has 0 aromatic rings. The van der Waals surface area contributed by atoms with E-state index < -0.39 is 5.60 Å². The Hall–Kier alpha value is -0.380. The second-order valence-corrected chi connectivity index (χ2v) is 3.80. The predicted octanol–water partition coefficient (Wildman–Crippen LogP) is -0.00840. The highest BCUT2D eigenvalue weighted by molar-refractivity contribution is 4.97. The Bertz CT molecular complexity index is 181. The lowest BCUT2D eigenvalue weighted by Crippen LogP contribution is -2.37. The molecule has 1 unspecified atom stereocenters. The summed E-state index contributed by atoms with van der Waals surface area (Å²) in [5, 5.41) is 18.5. The van der Waals surface area contributed by atoms with E-state index in [4.69, 9.17) is 5.11 Å². The van der Waals surface area contributed by atoms with Gasteiger partial charge in [-0.2, -0.15) is 0 Å². The maximum Gasteiger partial charge on any atom is 0.102 e. The Balaban J connectivity index is 2.40. The zero-order valence-corrected chi connectivity index (χ0v) is 7.58. The Labute approximate surface area is 73.3 Å². The molecule has 0 aromatic heterocycles. The van der Waals surface area contributed by atoms with Gasteiger partial charge in [-0.15, -0.1) is 0 Å². The molecule has 1 atom stereocenters. The molecule has 1 saturated heterocycles. The number of likely N-dealkylation sites (tertiary alicyclic amines) is 1. The summed E-state index contributed by atoms with van der Waals surface area (Å²) in [5.74, 6) is 0. The Kier molecular flexibility index (Phi) is 2.88. The van der Waals surface area contributed by atoms with Gasteiger partial charge in [-0.25, -0.2) is 0 Å². The first kappa shape index (κ1) is 9.71. The molecule has 0 spiro atoms. The van der Waals surface area contributed by atoms with Crippen molar-refractivity contribution in [1.29, 1.82) is 0 Å². The van der Waals surface area contributed by atoms with Crippen LogP contribution in [0.4, 0.5) is 0 Å². The maximum atomic E-state index is 9.66. The first-order valence-corrected chi connectivity index (χ1v) is 4.26. The van der Waals surface area contributed by atoms with Crippen LogP contribution in [0.1, 0.15) is 13.3 Å². The second kappa shape index (κ2) is 3.56. The fourth-order valence-electron chi connectivity index (χ4n) is 1.59. The molecular weight excluding hydrogens is 154 g/mol. The van der Waals surface area contributed by atoms with E-state index in [1.807, 2.05) is 6.92 Å². The van der Waals surface area contributed by atoms with Crippen LogP contribution < -0.4 is 0 Å². The quantitative estimate of drug-likeness (QED) is 0.587. The average Bonchev–Trinajstić information content (AvgIpc) is 2.32. The smallest absolute Gasteiger partial charge is 0.102 e. The van der Waals surface area contributed by atoms with Crippen molar-refractivity contribution in [3.05, 3.63) is 12.2 Å². The highest BCUT2D eigenvalue weighted by Gasteiger charge is 2.34. The number of aliphatic hydroxyl groups excluding tert-OH is 1. The highest BCUT2D eigenvalue weighted by atomic mass is 16.3. The van der Waals surface area contributed by atoms with Gasteiger partial charge in [0.1, 0.15) is 5.60 Å². The van der Waals surface area contributed by atoms with Crippen molar-refractivity contribution in [2.45, 2.75) is 18.9 Å². The minimum atomic E-state index is -0.866. The number of aliphatic hydroxyl groups is 2. The lowest BCUT2D eigenvalue weighted by atomic mass is 10.1. The van der Waals surface area contributed by atoms with Crippen LogP contribution >= 0.6 is 0 Å². The monoisotopic (exact) mass is 171 g/mol. The van der Waals surface area contributed by atoms with Crippen molar-refractivity contribution >= 4 is 0 Å². The van der Waals surface area contributed by atoms with Gasteiger partial charge in [0.2, 0.25) is 0 Å². The first-order valence-electron chi connectivity index (χ1n) is 4.26. The largest absolute Gasteiger partial charge is 0.393 e. The van der Waals surface area contributed by atoms with Crippen LogP contribution in [0, 0.1) is 0 Å². The van der Waals surface area contributed by atoms with Crippen LogP contribution in [0.5, 0.6) is 0 Å². The predicted molar refractivity (Wildman–Crippen MR) is 47.9 cm³/mol. The van der Waals surface area contributed by atoms with Crippen LogP contribution in [0.2, 0.25) is 0 Å². The number of hydrogen-bond acceptors (Lipinski definition) is 3. The van der Waals surface area contributed by atoms with Gasteiger partial charge in [-0.1, -0.05) is 12.2 Å². The summed E-state index contributed by atoms with van der Waals surface area (Å²) >= 11 is 0. The molecule has 3 heteroatoms. The molecule has 0 amide bonds. The molecule has 70 valence electrons. The van der Waals surface area contributed by atoms with Crippen LogP contribution in [-0.2, 0) is 0 Å². The van der Waals surface area contributed by atoms with Gasteiger partial charge < -0.3 is 10.2 Å². The fourth-order valence-corrected chi connectivity index (χ4v) is 1.59. The summed E-state index contributed by atoms with van der Waals surface area (Å²) in [7, 11) is 0. The van der Waals surface area contributed by atoms with Crippen LogP contribution in [0.3, 0.4) is 0 Å². The number of nitrogens with zero attached hydrogens (tertiary/aromatic N) is 1. The van der Waals surface area contributed by atoms with Crippen molar-refractivity contribution in [3.63, 3.8) is 0 Å².